The topological polar surface area (TPSA) is 145 Å². The maximum absolute atomic E-state index is 12.3. The molecule has 0 spiro atoms. The van der Waals surface area contributed by atoms with E-state index in [4.69, 9.17) is 9.84 Å². The van der Waals surface area contributed by atoms with E-state index in [-0.39, 0.29) is 19.4 Å². The number of esters is 1. The highest BCUT2D eigenvalue weighted by molar-refractivity contribution is 6.14. The zero-order valence-corrected chi connectivity index (χ0v) is 20.0. The number of carboxylic acids is 1. The summed E-state index contributed by atoms with van der Waals surface area (Å²) in [5.74, 6) is -3.71. The lowest BCUT2D eigenvalue weighted by molar-refractivity contribution is -0.172. The molecule has 2 heterocycles. The molecule has 192 valence electrons. The Labute approximate surface area is 208 Å². The number of piperidine rings is 2. The van der Waals surface area contributed by atoms with E-state index in [2.05, 4.69) is 0 Å². The molecule has 0 aliphatic carbocycles. The SMILES string of the molecule is CCOC(=O)C1(O)CCCN(c2ccccc2)C1=O.O=C(O)C1(O)CCCN(c2ccccc2)C1=O. The van der Waals surface area contributed by atoms with Crippen LogP contribution in [0.1, 0.15) is 32.6 Å². The van der Waals surface area contributed by atoms with E-state index in [1.807, 2.05) is 6.07 Å². The Hall–Kier alpha value is -3.76. The van der Waals surface area contributed by atoms with Gasteiger partial charge < -0.3 is 29.9 Å². The number of rotatable bonds is 5. The summed E-state index contributed by atoms with van der Waals surface area (Å²) in [6.45, 7) is 2.70. The molecule has 2 unspecified atom stereocenters. The molecule has 2 aromatic rings. The van der Waals surface area contributed by atoms with E-state index in [0.717, 1.165) is 0 Å². The molecule has 2 saturated heterocycles. The van der Waals surface area contributed by atoms with Gasteiger partial charge in [-0.3, -0.25) is 9.59 Å². The van der Waals surface area contributed by atoms with Gasteiger partial charge >= 0.3 is 11.9 Å². The van der Waals surface area contributed by atoms with Crippen molar-refractivity contribution in [3.63, 3.8) is 0 Å². The average molecular weight is 499 g/mol. The van der Waals surface area contributed by atoms with Crippen LogP contribution in [0, 0.1) is 0 Å². The fourth-order valence-electron chi connectivity index (χ4n) is 4.20. The van der Waals surface area contributed by atoms with E-state index in [9.17, 15) is 29.4 Å². The van der Waals surface area contributed by atoms with Crippen molar-refractivity contribution in [2.24, 2.45) is 0 Å². The molecule has 0 radical (unpaired) electrons. The van der Waals surface area contributed by atoms with Crippen LogP contribution in [0.3, 0.4) is 0 Å². The lowest BCUT2D eigenvalue weighted by Gasteiger charge is -2.36. The maximum atomic E-state index is 12.3. The molecule has 2 aliphatic rings. The van der Waals surface area contributed by atoms with Gasteiger partial charge in [0.1, 0.15) is 0 Å². The minimum atomic E-state index is -2.28. The molecule has 2 amide bonds. The monoisotopic (exact) mass is 498 g/mol. The average Bonchev–Trinajstić information content (AvgIpc) is 2.89. The number of aliphatic carboxylic acids is 1. The number of hydrogen-bond acceptors (Lipinski definition) is 7. The van der Waals surface area contributed by atoms with Gasteiger partial charge in [-0.15, -0.1) is 0 Å². The summed E-state index contributed by atoms with van der Waals surface area (Å²) >= 11 is 0. The molecule has 2 aliphatic heterocycles. The number of benzene rings is 2. The summed E-state index contributed by atoms with van der Waals surface area (Å²) in [4.78, 5) is 49.8. The normalized spacial score (nSPS) is 24.0. The molecular formula is C26H30N2O8. The second kappa shape index (κ2) is 11.3. The van der Waals surface area contributed by atoms with E-state index < -0.39 is 35.0 Å². The minimum Gasteiger partial charge on any atom is -0.479 e. The molecule has 2 atom stereocenters. The number of carboxylic acid groups (broad SMARTS) is 1. The van der Waals surface area contributed by atoms with E-state index in [0.29, 0.717) is 37.3 Å². The third-order valence-corrected chi connectivity index (χ3v) is 6.14. The Morgan fingerprint density at radius 1 is 0.806 bits per heavy atom. The van der Waals surface area contributed by atoms with Crippen LogP contribution in [0.5, 0.6) is 0 Å². The van der Waals surface area contributed by atoms with E-state index in [1.54, 1.807) is 61.5 Å². The number of amides is 2. The highest BCUT2D eigenvalue weighted by Crippen LogP contribution is 2.29. The Morgan fingerprint density at radius 2 is 1.22 bits per heavy atom. The number of aliphatic hydroxyl groups is 2. The predicted molar refractivity (Wildman–Crippen MR) is 130 cm³/mol. The first-order valence-electron chi connectivity index (χ1n) is 11.7. The van der Waals surface area contributed by atoms with Crippen LogP contribution in [0.25, 0.3) is 0 Å². The fourth-order valence-corrected chi connectivity index (χ4v) is 4.20. The van der Waals surface area contributed by atoms with Crippen LogP contribution in [-0.2, 0) is 23.9 Å². The van der Waals surface area contributed by atoms with Gasteiger partial charge in [-0.1, -0.05) is 36.4 Å². The fraction of sp³-hybridized carbons (Fsp3) is 0.385. The molecule has 2 aromatic carbocycles. The number of nitrogens with zero attached hydrogens (tertiary/aromatic N) is 2. The van der Waals surface area contributed by atoms with Crippen molar-refractivity contribution in [1.29, 1.82) is 0 Å². The van der Waals surface area contributed by atoms with Gasteiger partial charge in [-0.2, -0.15) is 0 Å². The van der Waals surface area contributed by atoms with E-state index in [1.165, 1.54) is 9.80 Å². The van der Waals surface area contributed by atoms with Crippen LogP contribution in [0.2, 0.25) is 0 Å². The second-order valence-electron chi connectivity index (χ2n) is 8.54. The zero-order valence-electron chi connectivity index (χ0n) is 20.0. The first-order valence-corrected chi connectivity index (χ1v) is 11.7. The molecule has 36 heavy (non-hydrogen) atoms. The smallest absolute Gasteiger partial charge is 0.348 e. The highest BCUT2D eigenvalue weighted by atomic mass is 16.6. The van der Waals surface area contributed by atoms with Gasteiger partial charge in [0.05, 0.1) is 6.61 Å². The minimum absolute atomic E-state index is 0.0372. The summed E-state index contributed by atoms with van der Waals surface area (Å²) in [7, 11) is 0. The molecule has 10 nitrogen and oxygen atoms in total. The molecule has 0 aromatic heterocycles. The number of carbonyl (C=O) groups is 4. The van der Waals surface area contributed by atoms with Crippen molar-refractivity contribution in [3.8, 4) is 0 Å². The number of hydrogen-bond donors (Lipinski definition) is 3. The van der Waals surface area contributed by atoms with Crippen LogP contribution < -0.4 is 9.80 Å². The zero-order chi connectivity index (χ0) is 26.3. The Kier molecular flexibility index (Phi) is 8.44. The number of carbonyl (C=O) groups excluding carboxylic acids is 3. The van der Waals surface area contributed by atoms with Gasteiger partial charge in [0, 0.05) is 24.5 Å². The summed E-state index contributed by atoms with van der Waals surface area (Å²) in [5, 5.41) is 29.1. The Balaban J connectivity index is 0.000000202. The first kappa shape index (κ1) is 26.8. The van der Waals surface area contributed by atoms with Crippen LogP contribution in [0.4, 0.5) is 11.4 Å². The van der Waals surface area contributed by atoms with Crippen molar-refractivity contribution < 1.29 is 39.2 Å². The molecule has 0 saturated carbocycles. The van der Waals surface area contributed by atoms with Crippen molar-refractivity contribution in [3.05, 3.63) is 60.7 Å². The van der Waals surface area contributed by atoms with Crippen molar-refractivity contribution in [1.82, 2.24) is 0 Å². The lowest BCUT2D eigenvalue weighted by Crippen LogP contribution is -2.58. The number of anilines is 2. The molecule has 0 bridgehead atoms. The van der Waals surface area contributed by atoms with Crippen LogP contribution in [-0.4, -0.2) is 70.0 Å². The summed E-state index contributed by atoms with van der Waals surface area (Å²) in [5.41, 5.74) is -3.05. The Bertz CT molecular complexity index is 1090. The van der Waals surface area contributed by atoms with Gasteiger partial charge in [-0.25, -0.2) is 9.59 Å². The first-order chi connectivity index (χ1) is 17.1. The third-order valence-electron chi connectivity index (χ3n) is 6.14. The number of ether oxygens (including phenoxy) is 1. The van der Waals surface area contributed by atoms with Gasteiger partial charge in [-0.05, 0) is 56.9 Å². The van der Waals surface area contributed by atoms with Crippen molar-refractivity contribution in [2.45, 2.75) is 43.8 Å². The largest absolute Gasteiger partial charge is 0.479 e. The maximum Gasteiger partial charge on any atom is 0.348 e. The van der Waals surface area contributed by atoms with Gasteiger partial charge in [0.15, 0.2) is 0 Å². The summed E-state index contributed by atoms with van der Waals surface area (Å²) < 4.78 is 4.80. The van der Waals surface area contributed by atoms with Gasteiger partial charge in [0.2, 0.25) is 11.2 Å². The van der Waals surface area contributed by atoms with Crippen molar-refractivity contribution >= 4 is 35.1 Å². The quantitative estimate of drug-likeness (QED) is 0.418. The lowest BCUT2D eigenvalue weighted by atomic mass is 9.91. The van der Waals surface area contributed by atoms with E-state index >= 15 is 0 Å². The molecular weight excluding hydrogens is 468 g/mol. The standard InChI is InChI=1S/C14H17NO4.C12H13NO4/c1-2-19-13(17)14(18)9-6-10-15(12(14)16)11-7-4-3-5-8-11;14-10-12(17,11(15)16)7-4-8-13(10)9-5-2-1-3-6-9/h3-5,7-8,18H,2,6,9-10H2,1H3;1-3,5-6,17H,4,7-8H2,(H,15,16). The summed E-state index contributed by atoms with van der Waals surface area (Å²) in [6, 6.07) is 17.8. The molecule has 10 heteroatoms. The second-order valence-corrected chi connectivity index (χ2v) is 8.54. The van der Waals surface area contributed by atoms with Crippen LogP contribution in [0.15, 0.2) is 60.7 Å². The third kappa shape index (κ3) is 5.39. The molecule has 3 N–H and O–H groups in total. The van der Waals surface area contributed by atoms with Crippen molar-refractivity contribution in [2.75, 3.05) is 29.5 Å². The van der Waals surface area contributed by atoms with Crippen LogP contribution >= 0.6 is 0 Å². The predicted octanol–water partition coefficient (Wildman–Crippen LogP) is 1.74. The van der Waals surface area contributed by atoms with Gasteiger partial charge in [0.25, 0.3) is 11.8 Å². The number of para-hydroxylation sites is 2. The summed E-state index contributed by atoms with van der Waals surface area (Å²) in [6.07, 6.45) is 1.08. The molecule has 2 fully saturated rings. The highest BCUT2D eigenvalue weighted by Gasteiger charge is 2.50. The Morgan fingerprint density at radius 3 is 1.64 bits per heavy atom. The molecule has 4 rings (SSSR count).